The van der Waals surface area contributed by atoms with E-state index < -0.39 is 0 Å². The number of hydrogen-bond donors (Lipinski definition) is 1. The molecule has 104 valence electrons. The van der Waals surface area contributed by atoms with Gasteiger partial charge in [0.25, 0.3) is 0 Å². The van der Waals surface area contributed by atoms with E-state index in [0.717, 1.165) is 43.4 Å². The van der Waals surface area contributed by atoms with Crippen LogP contribution in [0.5, 0.6) is 0 Å². The molecule has 5 heteroatoms. The van der Waals surface area contributed by atoms with Crippen LogP contribution in [0.1, 0.15) is 12.5 Å². The molecule has 0 unspecified atom stereocenters. The Morgan fingerprint density at radius 2 is 1.95 bits per heavy atom. The molecule has 0 saturated carbocycles. The van der Waals surface area contributed by atoms with Gasteiger partial charge in [-0.2, -0.15) is 0 Å². The van der Waals surface area contributed by atoms with E-state index in [0.29, 0.717) is 6.54 Å². The number of halogens is 1. The fourth-order valence-corrected chi connectivity index (χ4v) is 2.57. The normalized spacial score (nSPS) is 16.4. The molecule has 1 heterocycles. The van der Waals surface area contributed by atoms with Gasteiger partial charge in [0.1, 0.15) is 5.82 Å². The molecule has 2 rings (SSSR count). The molecule has 0 amide bonds. The molecule has 1 N–H and O–H groups in total. The zero-order valence-electron chi connectivity index (χ0n) is 11.2. The second-order valence-electron chi connectivity index (χ2n) is 4.69. The Labute approximate surface area is 119 Å². The van der Waals surface area contributed by atoms with Gasteiger partial charge >= 0.3 is 0 Å². The summed E-state index contributed by atoms with van der Waals surface area (Å²) in [4.78, 5) is 4.44. The number of rotatable bonds is 3. The van der Waals surface area contributed by atoms with E-state index >= 15 is 0 Å². The molecule has 0 aliphatic carbocycles. The van der Waals surface area contributed by atoms with E-state index in [1.165, 1.54) is 6.07 Å². The van der Waals surface area contributed by atoms with Crippen LogP contribution in [0.2, 0.25) is 0 Å². The lowest BCUT2D eigenvalue weighted by Crippen LogP contribution is -2.51. The molecule has 0 radical (unpaired) electrons. The zero-order valence-corrected chi connectivity index (χ0v) is 12.0. The maximum Gasteiger partial charge on any atom is 0.169 e. The predicted octanol–water partition coefficient (Wildman–Crippen LogP) is 1.84. The number of nitrogens with one attached hydrogen (secondary N) is 1. The van der Waals surface area contributed by atoms with Gasteiger partial charge in [-0.15, -0.1) is 0 Å². The molecule has 3 nitrogen and oxygen atoms in total. The minimum atomic E-state index is -0.117. The van der Waals surface area contributed by atoms with Crippen LogP contribution in [0.25, 0.3) is 0 Å². The van der Waals surface area contributed by atoms with Gasteiger partial charge in [0.05, 0.1) is 0 Å². The van der Waals surface area contributed by atoms with Crippen LogP contribution in [0, 0.1) is 5.82 Å². The lowest BCUT2D eigenvalue weighted by atomic mass is 10.2. The van der Waals surface area contributed by atoms with Crippen molar-refractivity contribution in [1.82, 2.24) is 15.1 Å². The number of nitrogens with zero attached hydrogens (tertiary/aromatic N) is 2. The van der Waals surface area contributed by atoms with Gasteiger partial charge in [0, 0.05) is 44.8 Å². The highest BCUT2D eigenvalue weighted by Gasteiger charge is 2.19. The van der Waals surface area contributed by atoms with Gasteiger partial charge in [0.2, 0.25) is 0 Å². The van der Waals surface area contributed by atoms with Gasteiger partial charge in [0.15, 0.2) is 5.11 Å². The first kappa shape index (κ1) is 14.2. The first-order valence-electron chi connectivity index (χ1n) is 6.69. The second kappa shape index (κ2) is 6.82. The SMILES string of the molecule is CCNC(=S)N1CCN(Cc2ccccc2F)CC1. The van der Waals surface area contributed by atoms with Crippen molar-refractivity contribution in [2.75, 3.05) is 32.7 Å². The van der Waals surface area contributed by atoms with E-state index in [-0.39, 0.29) is 5.82 Å². The van der Waals surface area contributed by atoms with Gasteiger partial charge in [-0.1, -0.05) is 18.2 Å². The predicted molar refractivity (Wildman–Crippen MR) is 79.5 cm³/mol. The summed E-state index contributed by atoms with van der Waals surface area (Å²) in [7, 11) is 0. The molecule has 0 atom stereocenters. The average Bonchev–Trinajstić information content (AvgIpc) is 2.42. The standard InChI is InChI=1S/C14H20FN3S/c1-2-16-14(19)18-9-7-17(8-10-18)11-12-5-3-4-6-13(12)15/h3-6H,2,7-11H2,1H3,(H,16,19). The molecule has 1 aromatic carbocycles. The van der Waals surface area contributed by atoms with Crippen molar-refractivity contribution in [3.8, 4) is 0 Å². The highest BCUT2D eigenvalue weighted by molar-refractivity contribution is 7.80. The summed E-state index contributed by atoms with van der Waals surface area (Å²) in [5.74, 6) is -0.117. The van der Waals surface area contributed by atoms with Crippen LogP contribution >= 0.6 is 12.2 Å². The van der Waals surface area contributed by atoms with Crippen molar-refractivity contribution in [3.05, 3.63) is 35.6 Å². The van der Waals surface area contributed by atoms with Crippen LogP contribution in [0.4, 0.5) is 4.39 Å². The quantitative estimate of drug-likeness (QED) is 0.852. The summed E-state index contributed by atoms with van der Waals surface area (Å²) < 4.78 is 13.6. The number of benzene rings is 1. The van der Waals surface area contributed by atoms with Crippen LogP contribution < -0.4 is 5.32 Å². The molecule has 0 spiro atoms. The summed E-state index contributed by atoms with van der Waals surface area (Å²) in [6.45, 7) is 7.21. The summed E-state index contributed by atoms with van der Waals surface area (Å²) in [6, 6.07) is 6.98. The molecular weight excluding hydrogens is 261 g/mol. The Hall–Kier alpha value is -1.20. The van der Waals surface area contributed by atoms with Crippen molar-refractivity contribution < 1.29 is 4.39 Å². The Balaban J connectivity index is 1.84. The minimum Gasteiger partial charge on any atom is -0.363 e. The molecule has 1 saturated heterocycles. The third-order valence-corrected chi connectivity index (χ3v) is 3.74. The van der Waals surface area contributed by atoms with E-state index in [1.54, 1.807) is 6.07 Å². The largest absolute Gasteiger partial charge is 0.363 e. The van der Waals surface area contributed by atoms with Gasteiger partial charge in [-0.3, -0.25) is 4.90 Å². The van der Waals surface area contributed by atoms with Crippen LogP contribution in [0.15, 0.2) is 24.3 Å². The molecule has 1 aliphatic rings. The van der Waals surface area contributed by atoms with Crippen LogP contribution in [-0.4, -0.2) is 47.6 Å². The first-order valence-corrected chi connectivity index (χ1v) is 7.10. The molecule has 1 aromatic rings. The van der Waals surface area contributed by atoms with Gasteiger partial charge in [-0.25, -0.2) is 4.39 Å². The minimum absolute atomic E-state index is 0.117. The van der Waals surface area contributed by atoms with Crippen molar-refractivity contribution >= 4 is 17.3 Å². The highest BCUT2D eigenvalue weighted by Crippen LogP contribution is 2.12. The molecule has 0 bridgehead atoms. The third-order valence-electron chi connectivity index (χ3n) is 3.34. The zero-order chi connectivity index (χ0) is 13.7. The van der Waals surface area contributed by atoms with Gasteiger partial charge < -0.3 is 10.2 Å². The average molecular weight is 281 g/mol. The van der Waals surface area contributed by atoms with E-state index in [9.17, 15) is 4.39 Å². The second-order valence-corrected chi connectivity index (χ2v) is 5.08. The Morgan fingerprint density at radius 3 is 2.58 bits per heavy atom. The number of thiocarbonyl (C=S) groups is 1. The maximum absolute atomic E-state index is 13.6. The molecular formula is C14H20FN3S. The molecule has 0 aromatic heterocycles. The molecule has 1 fully saturated rings. The van der Waals surface area contributed by atoms with Crippen molar-refractivity contribution in [2.45, 2.75) is 13.5 Å². The van der Waals surface area contributed by atoms with Gasteiger partial charge in [-0.05, 0) is 25.2 Å². The Kier molecular flexibility index (Phi) is 5.10. The summed E-state index contributed by atoms with van der Waals surface area (Å²) >= 11 is 5.30. The molecule has 19 heavy (non-hydrogen) atoms. The number of piperazine rings is 1. The summed E-state index contributed by atoms with van der Waals surface area (Å²) in [5.41, 5.74) is 0.769. The lowest BCUT2D eigenvalue weighted by Gasteiger charge is -2.36. The Bertz CT molecular complexity index is 430. The lowest BCUT2D eigenvalue weighted by molar-refractivity contribution is 0.173. The Morgan fingerprint density at radius 1 is 1.26 bits per heavy atom. The molecule has 1 aliphatic heterocycles. The third kappa shape index (κ3) is 3.88. The highest BCUT2D eigenvalue weighted by atomic mass is 32.1. The van der Waals surface area contributed by atoms with Crippen molar-refractivity contribution in [1.29, 1.82) is 0 Å². The van der Waals surface area contributed by atoms with Crippen molar-refractivity contribution in [3.63, 3.8) is 0 Å². The smallest absolute Gasteiger partial charge is 0.169 e. The summed E-state index contributed by atoms with van der Waals surface area (Å²) in [6.07, 6.45) is 0. The topological polar surface area (TPSA) is 18.5 Å². The van der Waals surface area contributed by atoms with Crippen LogP contribution in [-0.2, 0) is 6.54 Å². The van der Waals surface area contributed by atoms with Crippen molar-refractivity contribution in [2.24, 2.45) is 0 Å². The van der Waals surface area contributed by atoms with E-state index in [2.05, 4.69) is 15.1 Å². The summed E-state index contributed by atoms with van der Waals surface area (Å²) in [5, 5.41) is 3.99. The fourth-order valence-electron chi connectivity index (χ4n) is 2.24. The maximum atomic E-state index is 13.6. The van der Waals surface area contributed by atoms with Crippen LogP contribution in [0.3, 0.4) is 0 Å². The number of hydrogen-bond acceptors (Lipinski definition) is 2. The monoisotopic (exact) mass is 281 g/mol. The fraction of sp³-hybridized carbons (Fsp3) is 0.500. The van der Waals surface area contributed by atoms with E-state index in [4.69, 9.17) is 12.2 Å². The van der Waals surface area contributed by atoms with E-state index in [1.807, 2.05) is 19.1 Å². The first-order chi connectivity index (χ1) is 9.20.